The van der Waals surface area contributed by atoms with E-state index in [4.69, 9.17) is 4.55 Å². The highest BCUT2D eigenvalue weighted by Crippen LogP contribution is 2.48. The number of halogens is 13. The van der Waals surface area contributed by atoms with Crippen molar-refractivity contribution in [2.75, 3.05) is 20.5 Å². The van der Waals surface area contributed by atoms with E-state index >= 15 is 0 Å². The van der Waals surface area contributed by atoms with E-state index in [1.54, 1.807) is 0 Å². The van der Waals surface area contributed by atoms with E-state index in [0.29, 0.717) is 14.1 Å². The molecule has 0 heterocycles. The van der Waals surface area contributed by atoms with Crippen molar-refractivity contribution in [2.24, 2.45) is 0 Å². The van der Waals surface area contributed by atoms with E-state index in [2.05, 4.69) is 4.74 Å². The standard InChI is InChI=1S/C5H3F9O4S.C3H5F3.CH3F.2CH4/c6-2(7,8)1-18-4(11,12)3(9,10)5(13,14)19(15,16)17;1-3(5,6)2-4;1-2;;/h1H2,(H,15,16,17);2H2,1H3;1H3;2*1H4. The molecule has 0 aliphatic carbocycles. The molecule has 0 spiro atoms. The van der Waals surface area contributed by atoms with E-state index in [1.165, 1.54) is 0 Å². The molecule has 0 aromatic carbocycles. The molecule has 0 aromatic heterocycles. The number of hydrogen-bond acceptors (Lipinski definition) is 3. The van der Waals surface area contributed by atoms with Crippen molar-refractivity contribution in [3.05, 3.63) is 0 Å². The van der Waals surface area contributed by atoms with Gasteiger partial charge >= 0.3 is 33.6 Å². The van der Waals surface area contributed by atoms with Crippen molar-refractivity contribution in [1.29, 1.82) is 0 Å². The molecule has 0 aliphatic heterocycles. The fraction of sp³-hybridized carbons (Fsp3) is 1.00. The third-order valence-electron chi connectivity index (χ3n) is 1.71. The van der Waals surface area contributed by atoms with Crippen LogP contribution in [0, 0.1) is 0 Å². The summed E-state index contributed by atoms with van der Waals surface area (Å²) in [5.74, 6) is -10.1. The van der Waals surface area contributed by atoms with Crippen LogP contribution in [0.15, 0.2) is 0 Å². The van der Waals surface area contributed by atoms with Gasteiger partial charge in [0.15, 0.2) is 6.67 Å². The Hall–Kier alpha value is -1.04. The molecule has 0 amide bonds. The summed E-state index contributed by atoms with van der Waals surface area (Å²) in [7, 11) is -6.52. The Labute approximate surface area is 157 Å². The van der Waals surface area contributed by atoms with Crippen molar-refractivity contribution in [2.45, 2.75) is 51.2 Å². The monoisotopic (exact) mass is 494 g/mol. The number of hydrogen-bond donors (Lipinski definition) is 1. The summed E-state index contributed by atoms with van der Waals surface area (Å²) in [5, 5.41) is -6.75. The second kappa shape index (κ2) is 12.6. The smallest absolute Gasteiger partial charge is 0.306 e. The fourth-order valence-corrected chi connectivity index (χ4v) is 1.04. The molecule has 0 fully saturated rings. The van der Waals surface area contributed by atoms with Crippen LogP contribution in [-0.4, -0.2) is 62.8 Å². The Balaban J connectivity index is -0.000000164. The Morgan fingerprint density at radius 3 is 1.28 bits per heavy atom. The van der Waals surface area contributed by atoms with Crippen molar-refractivity contribution in [3.8, 4) is 0 Å². The number of rotatable bonds is 6. The molecule has 1 N–H and O–H groups in total. The largest absolute Gasteiger partial charge is 0.440 e. The lowest BCUT2D eigenvalue weighted by molar-refractivity contribution is -0.396. The van der Waals surface area contributed by atoms with Gasteiger partial charge in [-0.2, -0.15) is 47.9 Å². The van der Waals surface area contributed by atoms with E-state index in [1.807, 2.05) is 0 Å². The molecular weight excluding hydrogens is 475 g/mol. The third kappa shape index (κ3) is 13.0. The maximum absolute atomic E-state index is 12.5. The summed E-state index contributed by atoms with van der Waals surface area (Å²) < 4.78 is 181. The topological polar surface area (TPSA) is 63.6 Å². The molecule has 0 saturated carbocycles. The maximum atomic E-state index is 12.5. The molecule has 4 nitrogen and oxygen atoms in total. The molecule has 0 aliphatic rings. The lowest BCUT2D eigenvalue weighted by atomic mass is 10.3. The molecule has 0 unspecified atom stereocenters. The van der Waals surface area contributed by atoms with Gasteiger partial charge in [0.2, 0.25) is 0 Å². The highest BCUT2D eigenvalue weighted by atomic mass is 32.2. The first kappa shape index (κ1) is 38.6. The molecular formula is C11H19F13O4S. The summed E-state index contributed by atoms with van der Waals surface area (Å²) >= 11 is 0. The van der Waals surface area contributed by atoms with Crippen LogP contribution in [0.4, 0.5) is 57.1 Å². The summed E-state index contributed by atoms with van der Waals surface area (Å²) in [4.78, 5) is 0. The van der Waals surface area contributed by atoms with Crippen LogP contribution in [0.2, 0.25) is 0 Å². The van der Waals surface area contributed by atoms with E-state index in [0.717, 1.165) is 0 Å². The third-order valence-corrected chi connectivity index (χ3v) is 2.61. The predicted octanol–water partition coefficient (Wildman–Crippen LogP) is 5.74. The number of alkyl halides is 13. The van der Waals surface area contributed by atoms with Crippen molar-refractivity contribution in [1.82, 2.24) is 0 Å². The zero-order chi connectivity index (χ0) is 23.1. The van der Waals surface area contributed by atoms with Crippen LogP contribution in [0.5, 0.6) is 0 Å². The average Bonchev–Trinajstić information content (AvgIpc) is 2.45. The Morgan fingerprint density at radius 2 is 1.10 bits per heavy atom. The molecule has 0 radical (unpaired) electrons. The average molecular weight is 494 g/mol. The van der Waals surface area contributed by atoms with Crippen LogP contribution in [0.3, 0.4) is 0 Å². The van der Waals surface area contributed by atoms with Crippen LogP contribution < -0.4 is 0 Å². The molecule has 0 aromatic rings. The fourth-order valence-electron chi connectivity index (χ4n) is 0.595. The normalized spacial score (nSPS) is 13.0. The first-order valence-electron chi connectivity index (χ1n) is 5.64. The molecule has 18 heteroatoms. The Kier molecular flexibility index (Phi) is 16.8. The van der Waals surface area contributed by atoms with Gasteiger partial charge in [0.25, 0.3) is 5.92 Å². The molecule has 29 heavy (non-hydrogen) atoms. The molecule has 0 atom stereocenters. The first-order valence-corrected chi connectivity index (χ1v) is 7.08. The highest BCUT2D eigenvalue weighted by Gasteiger charge is 2.79. The summed E-state index contributed by atoms with van der Waals surface area (Å²) in [6.45, 7) is -4.07. The van der Waals surface area contributed by atoms with Crippen molar-refractivity contribution < 1.29 is 74.8 Å². The van der Waals surface area contributed by atoms with Gasteiger partial charge in [-0.25, -0.2) is 13.2 Å². The van der Waals surface area contributed by atoms with Crippen molar-refractivity contribution >= 4 is 10.1 Å². The minimum atomic E-state index is -7.02. The van der Waals surface area contributed by atoms with E-state index in [9.17, 15) is 65.5 Å². The second-order valence-electron chi connectivity index (χ2n) is 4.19. The van der Waals surface area contributed by atoms with Crippen LogP contribution in [-0.2, 0) is 14.9 Å². The van der Waals surface area contributed by atoms with Gasteiger partial charge in [0.05, 0.1) is 7.18 Å². The van der Waals surface area contributed by atoms with Gasteiger partial charge in [-0.3, -0.25) is 8.94 Å². The van der Waals surface area contributed by atoms with Gasteiger partial charge < -0.3 is 4.74 Å². The van der Waals surface area contributed by atoms with Gasteiger partial charge in [0, 0.05) is 6.92 Å². The quantitative estimate of drug-likeness (QED) is 0.378. The first-order chi connectivity index (χ1) is 11.5. The zero-order valence-electron chi connectivity index (χ0n) is 12.9. The maximum Gasteiger partial charge on any atom is 0.440 e. The summed E-state index contributed by atoms with van der Waals surface area (Å²) in [5.41, 5.74) is 0. The van der Waals surface area contributed by atoms with E-state index < -0.39 is 52.8 Å². The minimum absolute atomic E-state index is 0. The number of ether oxygens (including phenoxy) is 1. The summed E-state index contributed by atoms with van der Waals surface area (Å²) in [6, 6.07) is 0. The molecule has 0 bridgehead atoms. The van der Waals surface area contributed by atoms with Gasteiger partial charge in [0.1, 0.15) is 6.61 Å². The van der Waals surface area contributed by atoms with Crippen LogP contribution in [0.1, 0.15) is 21.8 Å². The van der Waals surface area contributed by atoms with Crippen LogP contribution in [0.25, 0.3) is 0 Å². The predicted molar refractivity (Wildman–Crippen MR) is 75.5 cm³/mol. The molecule has 184 valence electrons. The Bertz CT molecular complexity index is 526. The Morgan fingerprint density at radius 1 is 0.828 bits per heavy atom. The SMILES string of the molecule is C.C.CC(F)(F)CF.CF.O=S(=O)(O)C(F)(F)C(F)(F)C(F)(F)OCC(F)(F)F. The molecule has 0 saturated heterocycles. The van der Waals surface area contributed by atoms with E-state index in [-0.39, 0.29) is 14.9 Å². The second-order valence-corrected chi connectivity index (χ2v) is 5.65. The minimum Gasteiger partial charge on any atom is -0.306 e. The van der Waals surface area contributed by atoms with Gasteiger partial charge in [-0.05, 0) is 0 Å². The van der Waals surface area contributed by atoms with Crippen molar-refractivity contribution in [3.63, 3.8) is 0 Å². The van der Waals surface area contributed by atoms with Crippen LogP contribution >= 0.6 is 0 Å². The van der Waals surface area contributed by atoms with Gasteiger partial charge in [-0.1, -0.05) is 14.9 Å². The van der Waals surface area contributed by atoms with Gasteiger partial charge in [-0.15, -0.1) is 0 Å². The highest BCUT2D eigenvalue weighted by molar-refractivity contribution is 7.87. The lowest BCUT2D eigenvalue weighted by Crippen LogP contribution is -2.59. The summed E-state index contributed by atoms with van der Waals surface area (Å²) in [6.07, 6.45) is -12.1. The lowest BCUT2D eigenvalue weighted by Gasteiger charge is -2.30. The molecule has 0 rings (SSSR count). The zero-order valence-corrected chi connectivity index (χ0v) is 13.7.